The normalized spacial score (nSPS) is 16.1. The van der Waals surface area contributed by atoms with E-state index in [0.717, 1.165) is 58.8 Å². The number of nitrogens with one attached hydrogen (secondary N) is 1. The van der Waals surface area contributed by atoms with E-state index >= 15 is 0 Å². The summed E-state index contributed by atoms with van der Waals surface area (Å²) in [7, 11) is 0. The Morgan fingerprint density at radius 3 is 2.73 bits per heavy atom. The smallest absolute Gasteiger partial charge is 0.252 e. The Hall–Kier alpha value is -3.92. The second kappa shape index (κ2) is 11.7. The molecule has 1 N–H and O–H groups in total. The highest BCUT2D eigenvalue weighted by Crippen LogP contribution is 2.36. The number of fused-ring (bicyclic) bond motifs is 2. The first-order valence-electron chi connectivity index (χ1n) is 14.3. The molecule has 1 fully saturated rings. The van der Waals surface area contributed by atoms with Gasteiger partial charge in [0.2, 0.25) is 6.79 Å². The van der Waals surface area contributed by atoms with Gasteiger partial charge in [-0.15, -0.1) is 5.10 Å². The molecule has 1 saturated carbocycles. The zero-order chi connectivity index (χ0) is 27.5. The van der Waals surface area contributed by atoms with E-state index in [-0.39, 0.29) is 18.4 Å². The van der Waals surface area contributed by atoms with Crippen molar-refractivity contribution in [3.63, 3.8) is 0 Å². The molecule has 1 unspecified atom stereocenters. The van der Waals surface area contributed by atoms with Crippen LogP contribution >= 0.6 is 0 Å². The molecule has 6 rings (SSSR count). The minimum absolute atomic E-state index is 0.0906. The van der Waals surface area contributed by atoms with Crippen molar-refractivity contribution in [3.05, 3.63) is 69.8 Å². The van der Waals surface area contributed by atoms with Crippen molar-refractivity contribution in [2.45, 2.75) is 77.5 Å². The van der Waals surface area contributed by atoms with E-state index < -0.39 is 0 Å². The number of H-pyrrole nitrogens is 1. The molecule has 2 aliphatic rings. The first-order chi connectivity index (χ1) is 19.6. The van der Waals surface area contributed by atoms with Crippen molar-refractivity contribution >= 4 is 10.9 Å². The monoisotopic (exact) mass is 544 g/mol. The minimum atomic E-state index is -0.103. The van der Waals surface area contributed by atoms with E-state index in [2.05, 4.69) is 38.4 Å². The zero-order valence-electron chi connectivity index (χ0n) is 23.1. The van der Waals surface area contributed by atoms with E-state index in [4.69, 9.17) is 14.2 Å². The molecule has 40 heavy (non-hydrogen) atoms. The molecule has 0 bridgehead atoms. The van der Waals surface area contributed by atoms with Gasteiger partial charge < -0.3 is 19.2 Å². The summed E-state index contributed by atoms with van der Waals surface area (Å²) in [4.78, 5) is 18.7. The molecule has 0 saturated heterocycles. The van der Waals surface area contributed by atoms with Crippen LogP contribution in [0.5, 0.6) is 17.2 Å². The molecule has 3 heterocycles. The summed E-state index contributed by atoms with van der Waals surface area (Å²) >= 11 is 0. The number of pyridine rings is 1. The number of rotatable bonds is 10. The summed E-state index contributed by atoms with van der Waals surface area (Å²) in [6.45, 7) is 5.93. The third-order valence-corrected chi connectivity index (χ3v) is 7.96. The number of benzene rings is 2. The van der Waals surface area contributed by atoms with Crippen LogP contribution in [0.15, 0.2) is 47.3 Å². The van der Waals surface area contributed by atoms with Crippen LogP contribution in [0, 0.1) is 0 Å². The Morgan fingerprint density at radius 2 is 1.90 bits per heavy atom. The quantitative estimate of drug-likeness (QED) is 0.287. The third kappa shape index (κ3) is 5.40. The predicted octanol–water partition coefficient (Wildman–Crippen LogP) is 5.30. The molecule has 10 heteroatoms. The molecule has 0 radical (unpaired) electrons. The fourth-order valence-corrected chi connectivity index (χ4v) is 5.98. The van der Waals surface area contributed by atoms with Crippen LogP contribution in [-0.2, 0) is 13.1 Å². The highest BCUT2D eigenvalue weighted by atomic mass is 16.7. The highest BCUT2D eigenvalue weighted by Gasteiger charge is 2.29. The maximum Gasteiger partial charge on any atom is 0.252 e. The van der Waals surface area contributed by atoms with Crippen molar-refractivity contribution in [1.82, 2.24) is 30.1 Å². The fourth-order valence-electron chi connectivity index (χ4n) is 5.98. The molecular weight excluding hydrogens is 508 g/mol. The van der Waals surface area contributed by atoms with E-state index in [1.54, 1.807) is 0 Å². The molecule has 10 nitrogen and oxygen atoms in total. The molecular formula is C30H36N6O4. The summed E-state index contributed by atoms with van der Waals surface area (Å²) in [6, 6.07) is 14.0. The van der Waals surface area contributed by atoms with Crippen molar-refractivity contribution in [1.29, 1.82) is 0 Å². The topological polar surface area (TPSA) is 107 Å². The summed E-state index contributed by atoms with van der Waals surface area (Å²) in [5.74, 6) is 3.12. The standard InChI is InChI=1S/C30H36N6O4/c1-3-26(29-32-33-34-36(29)23-8-6-5-7-9-23)35(17-20-10-13-27-28(14-20)40-19-39-27)18-22-15-21-16-24(38-4-2)11-12-25(21)31-30(22)37/h10-16,23,26H,3-9,17-19H2,1-2H3,(H,31,37). The Morgan fingerprint density at radius 1 is 1.05 bits per heavy atom. The second-order valence-corrected chi connectivity index (χ2v) is 10.6. The van der Waals surface area contributed by atoms with Gasteiger partial charge in [-0.25, -0.2) is 4.68 Å². The number of hydrogen-bond donors (Lipinski definition) is 1. The number of hydrogen-bond acceptors (Lipinski definition) is 8. The lowest BCUT2D eigenvalue weighted by Gasteiger charge is -2.32. The van der Waals surface area contributed by atoms with Crippen molar-refractivity contribution < 1.29 is 14.2 Å². The first-order valence-corrected chi connectivity index (χ1v) is 14.3. The zero-order valence-corrected chi connectivity index (χ0v) is 23.1. The van der Waals surface area contributed by atoms with Gasteiger partial charge in [0.1, 0.15) is 5.75 Å². The largest absolute Gasteiger partial charge is 0.494 e. The van der Waals surface area contributed by atoms with Gasteiger partial charge in [0.25, 0.3) is 5.56 Å². The van der Waals surface area contributed by atoms with Crippen LogP contribution in [0.4, 0.5) is 0 Å². The molecule has 1 aliphatic carbocycles. The number of aromatic nitrogens is 5. The molecule has 0 spiro atoms. The van der Waals surface area contributed by atoms with Crippen LogP contribution in [-0.4, -0.2) is 43.5 Å². The number of aromatic amines is 1. The van der Waals surface area contributed by atoms with Crippen molar-refractivity contribution in [3.8, 4) is 17.2 Å². The SMILES string of the molecule is CCOc1ccc2[nH]c(=O)c(CN(Cc3ccc4c(c3)OCO4)C(CC)c3nnnn3C3CCCCC3)cc2c1. The average Bonchev–Trinajstić information content (AvgIpc) is 3.64. The van der Waals surface area contributed by atoms with Crippen LogP contribution < -0.4 is 19.8 Å². The highest BCUT2D eigenvalue weighted by molar-refractivity contribution is 5.80. The van der Waals surface area contributed by atoms with Crippen LogP contribution in [0.3, 0.4) is 0 Å². The van der Waals surface area contributed by atoms with Crippen LogP contribution in [0.2, 0.25) is 0 Å². The minimum Gasteiger partial charge on any atom is -0.494 e. The lowest BCUT2D eigenvalue weighted by molar-refractivity contribution is 0.155. The number of ether oxygens (including phenoxy) is 3. The van der Waals surface area contributed by atoms with Gasteiger partial charge in [0.15, 0.2) is 17.3 Å². The third-order valence-electron chi connectivity index (χ3n) is 7.96. The summed E-state index contributed by atoms with van der Waals surface area (Å²) < 4.78 is 18.9. The second-order valence-electron chi connectivity index (χ2n) is 10.6. The Bertz CT molecular complexity index is 1530. The van der Waals surface area contributed by atoms with Gasteiger partial charge in [0, 0.05) is 29.6 Å². The van der Waals surface area contributed by atoms with Gasteiger partial charge >= 0.3 is 0 Å². The maximum atomic E-state index is 13.3. The van der Waals surface area contributed by atoms with E-state index in [9.17, 15) is 4.79 Å². The van der Waals surface area contributed by atoms with Gasteiger partial charge in [-0.3, -0.25) is 9.69 Å². The Balaban J connectivity index is 1.37. The summed E-state index contributed by atoms with van der Waals surface area (Å²) in [5.41, 5.74) is 2.43. The van der Waals surface area contributed by atoms with Gasteiger partial charge in [-0.1, -0.05) is 32.3 Å². The molecule has 2 aromatic heterocycles. The lowest BCUT2D eigenvalue weighted by atomic mass is 9.95. The van der Waals surface area contributed by atoms with Gasteiger partial charge in [0.05, 0.1) is 18.7 Å². The summed E-state index contributed by atoms with van der Waals surface area (Å²) in [5, 5.41) is 14.0. The molecule has 0 amide bonds. The lowest BCUT2D eigenvalue weighted by Crippen LogP contribution is -2.33. The molecule has 4 aromatic rings. The van der Waals surface area contributed by atoms with E-state index in [0.29, 0.717) is 31.3 Å². The van der Waals surface area contributed by atoms with Crippen LogP contribution in [0.25, 0.3) is 10.9 Å². The predicted molar refractivity (Wildman–Crippen MR) is 151 cm³/mol. The van der Waals surface area contributed by atoms with Crippen molar-refractivity contribution in [2.75, 3.05) is 13.4 Å². The Labute approximate surface area is 233 Å². The fraction of sp³-hybridized carbons (Fsp3) is 0.467. The number of nitrogens with zero attached hydrogens (tertiary/aromatic N) is 5. The van der Waals surface area contributed by atoms with Gasteiger partial charge in [-0.2, -0.15) is 0 Å². The van der Waals surface area contributed by atoms with E-state index in [1.807, 2.05) is 48.0 Å². The maximum absolute atomic E-state index is 13.3. The van der Waals surface area contributed by atoms with Gasteiger partial charge in [-0.05, 0) is 78.6 Å². The number of tetrazole rings is 1. The van der Waals surface area contributed by atoms with Crippen LogP contribution in [0.1, 0.15) is 81.4 Å². The van der Waals surface area contributed by atoms with Crippen molar-refractivity contribution in [2.24, 2.45) is 0 Å². The molecule has 2 aromatic carbocycles. The molecule has 1 atom stereocenters. The molecule has 1 aliphatic heterocycles. The first kappa shape index (κ1) is 26.3. The Kier molecular flexibility index (Phi) is 7.68. The average molecular weight is 545 g/mol. The summed E-state index contributed by atoms with van der Waals surface area (Å²) in [6.07, 6.45) is 6.61. The molecule has 210 valence electrons. The van der Waals surface area contributed by atoms with E-state index in [1.165, 1.54) is 19.3 Å².